The summed E-state index contributed by atoms with van der Waals surface area (Å²) in [5.74, 6) is -0.927. The molecule has 7 nitrogen and oxygen atoms in total. The molecular formula is C15H19N3O4S. The Labute approximate surface area is 135 Å². The van der Waals surface area contributed by atoms with Crippen molar-refractivity contribution >= 4 is 27.9 Å². The molecule has 0 radical (unpaired) electrons. The molecule has 0 unspecified atom stereocenters. The van der Waals surface area contributed by atoms with Crippen molar-refractivity contribution in [3.05, 3.63) is 41.3 Å². The van der Waals surface area contributed by atoms with E-state index in [1.165, 1.54) is 13.0 Å². The van der Waals surface area contributed by atoms with Crippen LogP contribution < -0.4 is 15.6 Å². The van der Waals surface area contributed by atoms with Crippen molar-refractivity contribution in [2.75, 3.05) is 0 Å². The van der Waals surface area contributed by atoms with Crippen molar-refractivity contribution in [1.82, 2.24) is 15.6 Å². The van der Waals surface area contributed by atoms with Crippen molar-refractivity contribution in [2.24, 2.45) is 5.92 Å². The number of carbonyl (C=O) groups excluding carboxylic acids is 2. The molecule has 8 heteroatoms. The summed E-state index contributed by atoms with van der Waals surface area (Å²) in [5, 5.41) is 0.995. The van der Waals surface area contributed by atoms with Crippen LogP contribution >= 0.6 is 0 Å². The molecule has 2 amide bonds. The van der Waals surface area contributed by atoms with Gasteiger partial charge in [0.1, 0.15) is 0 Å². The zero-order valence-electron chi connectivity index (χ0n) is 12.7. The first-order valence-electron chi connectivity index (χ1n) is 7.22. The van der Waals surface area contributed by atoms with E-state index in [1.807, 2.05) is 6.07 Å². The normalized spacial score (nSPS) is 16.0. The van der Waals surface area contributed by atoms with Crippen LogP contribution in [0.4, 0.5) is 0 Å². The molecule has 1 fully saturated rings. The predicted octanol–water partition coefficient (Wildman–Crippen LogP) is 0.523. The molecule has 2 rings (SSSR count). The van der Waals surface area contributed by atoms with Gasteiger partial charge in [-0.25, -0.2) is 8.42 Å². The second-order valence-corrected chi connectivity index (χ2v) is 6.95. The Hall–Kier alpha value is -2.19. The second-order valence-electron chi connectivity index (χ2n) is 5.35. The third-order valence-corrected chi connectivity index (χ3v) is 4.41. The molecule has 1 atom stereocenters. The number of sulfonamides is 1. The van der Waals surface area contributed by atoms with Crippen LogP contribution in [0.5, 0.6) is 0 Å². The van der Waals surface area contributed by atoms with E-state index >= 15 is 0 Å². The third kappa shape index (κ3) is 5.84. The van der Waals surface area contributed by atoms with E-state index < -0.39 is 22.0 Å². The van der Waals surface area contributed by atoms with Crippen molar-refractivity contribution in [3.63, 3.8) is 0 Å². The molecule has 3 N–H and O–H groups in total. The minimum atomic E-state index is -3.77. The van der Waals surface area contributed by atoms with E-state index in [9.17, 15) is 18.0 Å². The highest BCUT2D eigenvalue weighted by atomic mass is 32.2. The minimum absolute atomic E-state index is 0.0453. The summed E-state index contributed by atoms with van der Waals surface area (Å²) in [6.45, 7) is 1.40. The molecule has 0 aliphatic heterocycles. The van der Waals surface area contributed by atoms with Crippen molar-refractivity contribution in [2.45, 2.75) is 25.8 Å². The maximum absolute atomic E-state index is 11.9. The van der Waals surface area contributed by atoms with Gasteiger partial charge in [0.2, 0.25) is 15.9 Å². The van der Waals surface area contributed by atoms with Gasteiger partial charge in [-0.3, -0.25) is 20.4 Å². The number of amides is 2. The molecule has 1 aliphatic carbocycles. The fourth-order valence-electron chi connectivity index (χ4n) is 1.75. The van der Waals surface area contributed by atoms with Crippen LogP contribution in [0, 0.1) is 5.92 Å². The van der Waals surface area contributed by atoms with Crippen LogP contribution in [-0.4, -0.2) is 26.3 Å². The SMILES string of the molecule is C[C@@H](NS(=O)(=O)/C=C/c1ccccc1)C(=O)NNC(=O)C1CC1. The maximum atomic E-state index is 11.9. The Morgan fingerprint density at radius 2 is 1.83 bits per heavy atom. The number of rotatable bonds is 6. The summed E-state index contributed by atoms with van der Waals surface area (Å²) in [6, 6.07) is 7.91. The smallest absolute Gasteiger partial charge is 0.256 e. The Balaban J connectivity index is 1.84. The summed E-state index contributed by atoms with van der Waals surface area (Å²) >= 11 is 0. The number of hydrogen-bond donors (Lipinski definition) is 3. The predicted molar refractivity (Wildman–Crippen MR) is 86.0 cm³/mol. The largest absolute Gasteiger partial charge is 0.273 e. The summed E-state index contributed by atoms with van der Waals surface area (Å²) in [7, 11) is -3.77. The second kappa shape index (κ2) is 7.38. The van der Waals surface area contributed by atoms with Gasteiger partial charge in [0.25, 0.3) is 5.91 Å². The highest BCUT2D eigenvalue weighted by molar-refractivity contribution is 7.92. The van der Waals surface area contributed by atoms with E-state index in [4.69, 9.17) is 0 Å². The summed E-state index contributed by atoms with van der Waals surface area (Å²) in [5.41, 5.74) is 5.22. The quantitative estimate of drug-likeness (QED) is 0.658. The van der Waals surface area contributed by atoms with Crippen LogP contribution in [0.3, 0.4) is 0 Å². The van der Waals surface area contributed by atoms with E-state index in [0.29, 0.717) is 0 Å². The van der Waals surface area contributed by atoms with E-state index in [2.05, 4.69) is 15.6 Å². The van der Waals surface area contributed by atoms with Gasteiger partial charge in [0.05, 0.1) is 6.04 Å². The highest BCUT2D eigenvalue weighted by Crippen LogP contribution is 2.28. The van der Waals surface area contributed by atoms with E-state index in [1.54, 1.807) is 24.3 Å². The van der Waals surface area contributed by atoms with Crippen LogP contribution in [0.2, 0.25) is 0 Å². The molecule has 0 spiro atoms. The molecule has 1 aromatic rings. The fraction of sp³-hybridized carbons (Fsp3) is 0.333. The van der Waals surface area contributed by atoms with Gasteiger partial charge in [-0.1, -0.05) is 30.3 Å². The first-order chi connectivity index (χ1) is 10.9. The lowest BCUT2D eigenvalue weighted by Crippen LogP contribution is -2.51. The number of hydrazine groups is 1. The van der Waals surface area contributed by atoms with Crippen LogP contribution in [0.1, 0.15) is 25.3 Å². The van der Waals surface area contributed by atoms with E-state index in [-0.39, 0.29) is 11.8 Å². The molecule has 23 heavy (non-hydrogen) atoms. The lowest BCUT2D eigenvalue weighted by Gasteiger charge is -2.13. The monoisotopic (exact) mass is 337 g/mol. The molecular weight excluding hydrogens is 318 g/mol. The molecule has 0 saturated heterocycles. The molecule has 1 saturated carbocycles. The van der Waals surface area contributed by atoms with Crippen LogP contribution in [0.25, 0.3) is 6.08 Å². The highest BCUT2D eigenvalue weighted by Gasteiger charge is 2.30. The van der Waals surface area contributed by atoms with Crippen molar-refractivity contribution in [1.29, 1.82) is 0 Å². The Morgan fingerprint density at radius 1 is 1.17 bits per heavy atom. The number of benzene rings is 1. The molecule has 0 heterocycles. The lowest BCUT2D eigenvalue weighted by molar-refractivity contribution is -0.130. The first-order valence-corrected chi connectivity index (χ1v) is 8.77. The zero-order chi connectivity index (χ0) is 16.9. The number of carbonyl (C=O) groups is 2. The summed E-state index contributed by atoms with van der Waals surface area (Å²) < 4.78 is 26.0. The van der Waals surface area contributed by atoms with Crippen molar-refractivity contribution in [3.8, 4) is 0 Å². The van der Waals surface area contributed by atoms with Crippen molar-refractivity contribution < 1.29 is 18.0 Å². The third-order valence-electron chi connectivity index (χ3n) is 3.23. The van der Waals surface area contributed by atoms with Gasteiger partial charge >= 0.3 is 0 Å². The Morgan fingerprint density at radius 3 is 2.43 bits per heavy atom. The van der Waals surface area contributed by atoms with Gasteiger partial charge in [-0.15, -0.1) is 0 Å². The van der Waals surface area contributed by atoms with E-state index in [0.717, 1.165) is 23.8 Å². The molecule has 124 valence electrons. The summed E-state index contributed by atoms with van der Waals surface area (Å²) in [4.78, 5) is 23.2. The average molecular weight is 337 g/mol. The van der Waals surface area contributed by atoms with Crippen LogP contribution in [-0.2, 0) is 19.6 Å². The average Bonchev–Trinajstić information content (AvgIpc) is 3.36. The van der Waals surface area contributed by atoms with Gasteiger partial charge in [0, 0.05) is 11.3 Å². The molecule has 1 aromatic carbocycles. The summed E-state index contributed by atoms with van der Waals surface area (Å²) in [6.07, 6.45) is 3.06. The molecule has 1 aliphatic rings. The first kappa shape index (κ1) is 17.2. The Kier molecular flexibility index (Phi) is 5.51. The maximum Gasteiger partial charge on any atom is 0.256 e. The molecule has 0 bridgehead atoms. The minimum Gasteiger partial charge on any atom is -0.273 e. The van der Waals surface area contributed by atoms with Gasteiger partial charge in [-0.05, 0) is 31.4 Å². The van der Waals surface area contributed by atoms with Gasteiger partial charge in [0.15, 0.2) is 0 Å². The standard InChI is InChI=1S/C15H19N3O4S/c1-11(14(19)16-17-15(20)13-7-8-13)18-23(21,22)10-9-12-5-3-2-4-6-12/h2-6,9-11,13,18H,7-8H2,1H3,(H,16,19)(H,17,20)/b10-9+/t11-/m1/s1. The Bertz CT molecular complexity index is 697. The fourth-order valence-corrected chi connectivity index (χ4v) is 2.77. The topological polar surface area (TPSA) is 104 Å². The van der Waals surface area contributed by atoms with Crippen LogP contribution in [0.15, 0.2) is 35.7 Å². The van der Waals surface area contributed by atoms with Gasteiger partial charge < -0.3 is 0 Å². The lowest BCUT2D eigenvalue weighted by atomic mass is 10.2. The molecule has 0 aromatic heterocycles. The zero-order valence-corrected chi connectivity index (χ0v) is 13.5. The number of nitrogens with one attached hydrogen (secondary N) is 3. The number of hydrogen-bond acceptors (Lipinski definition) is 4. The van der Waals surface area contributed by atoms with Gasteiger partial charge in [-0.2, -0.15) is 4.72 Å².